The van der Waals surface area contributed by atoms with Crippen LogP contribution in [0.4, 0.5) is 11.4 Å². The molecule has 2 aliphatic rings. The molecule has 7 nitrogen and oxygen atoms in total. The molecule has 2 heterocycles. The van der Waals surface area contributed by atoms with Gasteiger partial charge >= 0.3 is 0 Å². The Morgan fingerprint density at radius 3 is 2.14 bits per heavy atom. The summed E-state index contributed by atoms with van der Waals surface area (Å²) in [5, 5.41) is 2.93. The fraction of sp³-hybridized carbons (Fsp3) is 0.483. The van der Waals surface area contributed by atoms with Crippen molar-refractivity contribution in [2.45, 2.75) is 46.0 Å². The third-order valence-electron chi connectivity index (χ3n) is 7.25. The summed E-state index contributed by atoms with van der Waals surface area (Å²) in [6.07, 6.45) is 2.80. The van der Waals surface area contributed by atoms with Gasteiger partial charge in [0.05, 0.1) is 11.5 Å². The van der Waals surface area contributed by atoms with Crippen molar-refractivity contribution in [1.29, 1.82) is 0 Å². The number of carbonyl (C=O) groups is 3. The fourth-order valence-electron chi connectivity index (χ4n) is 5.06. The van der Waals surface area contributed by atoms with E-state index in [2.05, 4.69) is 17.1 Å². The number of hydrogen-bond acceptors (Lipinski definition) is 4. The molecule has 192 valence electrons. The second-order valence-electron chi connectivity index (χ2n) is 10.1. The molecule has 2 aromatic rings. The van der Waals surface area contributed by atoms with Crippen LogP contribution >= 0.6 is 0 Å². The summed E-state index contributed by atoms with van der Waals surface area (Å²) in [4.78, 5) is 45.1. The number of anilines is 2. The van der Waals surface area contributed by atoms with Gasteiger partial charge < -0.3 is 20.0 Å². The third kappa shape index (κ3) is 5.72. The number of hydrogen-bond donors (Lipinski definition) is 1. The smallest absolute Gasteiger partial charge is 0.256 e. The number of likely N-dealkylation sites (tertiary alicyclic amines) is 1. The van der Waals surface area contributed by atoms with E-state index in [9.17, 15) is 14.4 Å². The number of piperazine rings is 1. The zero-order valence-corrected chi connectivity index (χ0v) is 21.7. The number of benzene rings is 2. The second kappa shape index (κ2) is 11.6. The van der Waals surface area contributed by atoms with E-state index < -0.39 is 0 Å². The molecule has 2 saturated heterocycles. The average molecular weight is 491 g/mol. The van der Waals surface area contributed by atoms with E-state index in [-0.39, 0.29) is 29.6 Å². The lowest BCUT2D eigenvalue weighted by molar-refractivity contribution is -0.133. The molecule has 0 unspecified atom stereocenters. The summed E-state index contributed by atoms with van der Waals surface area (Å²) in [6.45, 7) is 9.84. The van der Waals surface area contributed by atoms with Crippen LogP contribution in [0.5, 0.6) is 0 Å². The highest BCUT2D eigenvalue weighted by Gasteiger charge is 2.30. The molecule has 3 amide bonds. The van der Waals surface area contributed by atoms with E-state index >= 15 is 0 Å². The number of nitrogens with zero attached hydrogens (tertiary/aromatic N) is 3. The lowest BCUT2D eigenvalue weighted by Crippen LogP contribution is -2.50. The Balaban J connectivity index is 1.51. The fourth-order valence-corrected chi connectivity index (χ4v) is 5.06. The van der Waals surface area contributed by atoms with Crippen LogP contribution in [-0.4, -0.2) is 66.8 Å². The maximum Gasteiger partial charge on any atom is 0.256 e. The lowest BCUT2D eigenvalue weighted by atomic mass is 9.94. The molecule has 0 aromatic heterocycles. The largest absolute Gasteiger partial charge is 0.367 e. The van der Waals surface area contributed by atoms with E-state index in [0.29, 0.717) is 37.4 Å². The van der Waals surface area contributed by atoms with E-state index in [1.807, 2.05) is 72.2 Å². The van der Waals surface area contributed by atoms with Gasteiger partial charge in [0.1, 0.15) is 0 Å². The van der Waals surface area contributed by atoms with Crippen molar-refractivity contribution in [3.63, 3.8) is 0 Å². The van der Waals surface area contributed by atoms with Gasteiger partial charge in [-0.25, -0.2) is 0 Å². The minimum atomic E-state index is -0.143. The first-order chi connectivity index (χ1) is 17.4. The molecule has 2 fully saturated rings. The van der Waals surface area contributed by atoms with Crippen LogP contribution in [0, 0.1) is 5.92 Å². The van der Waals surface area contributed by atoms with Gasteiger partial charge in [-0.15, -0.1) is 0 Å². The van der Waals surface area contributed by atoms with Crippen molar-refractivity contribution in [1.82, 2.24) is 9.80 Å². The molecule has 2 aromatic carbocycles. The predicted molar refractivity (Wildman–Crippen MR) is 143 cm³/mol. The van der Waals surface area contributed by atoms with E-state index in [4.69, 9.17) is 0 Å². The minimum absolute atomic E-state index is 0.0109. The Morgan fingerprint density at radius 1 is 0.861 bits per heavy atom. The molecule has 0 saturated carbocycles. The molecule has 0 aliphatic carbocycles. The molecule has 36 heavy (non-hydrogen) atoms. The number of nitrogens with one attached hydrogen (secondary N) is 1. The van der Waals surface area contributed by atoms with Gasteiger partial charge in [0.2, 0.25) is 11.8 Å². The van der Waals surface area contributed by atoms with Crippen molar-refractivity contribution in [2.24, 2.45) is 5.92 Å². The highest BCUT2D eigenvalue weighted by Crippen LogP contribution is 2.29. The first kappa shape index (κ1) is 25.7. The van der Waals surface area contributed by atoms with Crippen LogP contribution in [-0.2, 0) is 9.59 Å². The molecule has 0 bridgehead atoms. The lowest BCUT2D eigenvalue weighted by Gasteiger charge is -2.38. The highest BCUT2D eigenvalue weighted by molar-refractivity contribution is 6.02. The minimum Gasteiger partial charge on any atom is -0.367 e. The topological polar surface area (TPSA) is 73.0 Å². The van der Waals surface area contributed by atoms with Gasteiger partial charge in [0.15, 0.2) is 0 Å². The highest BCUT2D eigenvalue weighted by atomic mass is 16.2. The Hall–Kier alpha value is -3.35. The van der Waals surface area contributed by atoms with Crippen molar-refractivity contribution >= 4 is 29.1 Å². The standard InChI is InChI=1S/C29H38N4O3/c1-4-24(22-10-6-5-7-11-22)28(35)33-18-16-31(17-19-33)26-13-12-23(30-27(34)21(2)3)20-25(26)29(36)32-14-8-9-15-32/h5-7,10-13,20-21,24H,4,8-9,14-19H2,1-3H3,(H,30,34)/t24-/m1/s1. The zero-order valence-electron chi connectivity index (χ0n) is 21.7. The number of amides is 3. The summed E-state index contributed by atoms with van der Waals surface area (Å²) in [7, 11) is 0. The van der Waals surface area contributed by atoms with Crippen molar-refractivity contribution in [3.8, 4) is 0 Å². The van der Waals surface area contributed by atoms with Gasteiger partial charge in [-0.1, -0.05) is 51.1 Å². The quantitative estimate of drug-likeness (QED) is 0.626. The Morgan fingerprint density at radius 2 is 1.53 bits per heavy atom. The van der Waals surface area contributed by atoms with Crippen molar-refractivity contribution < 1.29 is 14.4 Å². The SMILES string of the molecule is CC[C@@H](C(=O)N1CCN(c2ccc(NC(=O)C(C)C)cc2C(=O)N2CCCC2)CC1)c1ccccc1. The van der Waals surface area contributed by atoms with Gasteiger partial charge in [-0.05, 0) is 43.0 Å². The Kier molecular flexibility index (Phi) is 8.28. The molecule has 1 atom stereocenters. The van der Waals surface area contributed by atoms with Gasteiger partial charge in [0.25, 0.3) is 5.91 Å². The maximum atomic E-state index is 13.5. The normalized spacial score (nSPS) is 16.8. The molecular weight excluding hydrogens is 452 g/mol. The average Bonchev–Trinajstić information content (AvgIpc) is 3.44. The Bertz CT molecular complexity index is 1070. The van der Waals surface area contributed by atoms with Gasteiger partial charge in [-0.2, -0.15) is 0 Å². The van der Waals surface area contributed by atoms with Crippen LogP contribution in [0.25, 0.3) is 0 Å². The summed E-state index contributed by atoms with van der Waals surface area (Å²) >= 11 is 0. The summed E-state index contributed by atoms with van der Waals surface area (Å²) < 4.78 is 0. The molecule has 0 spiro atoms. The van der Waals surface area contributed by atoms with Crippen LogP contribution in [0.1, 0.15) is 61.9 Å². The number of rotatable bonds is 7. The molecular formula is C29H38N4O3. The molecule has 2 aliphatic heterocycles. The third-order valence-corrected chi connectivity index (χ3v) is 7.25. The molecule has 4 rings (SSSR count). The first-order valence-corrected chi connectivity index (χ1v) is 13.2. The van der Waals surface area contributed by atoms with Crippen molar-refractivity contribution in [3.05, 3.63) is 59.7 Å². The zero-order chi connectivity index (χ0) is 25.7. The molecule has 7 heteroatoms. The van der Waals surface area contributed by atoms with Crippen LogP contribution in [0.3, 0.4) is 0 Å². The van der Waals surface area contributed by atoms with Crippen LogP contribution < -0.4 is 10.2 Å². The summed E-state index contributed by atoms with van der Waals surface area (Å²) in [5.41, 5.74) is 3.19. The second-order valence-corrected chi connectivity index (χ2v) is 10.1. The van der Waals surface area contributed by atoms with E-state index in [1.165, 1.54) is 0 Å². The van der Waals surface area contributed by atoms with Crippen LogP contribution in [0.15, 0.2) is 48.5 Å². The molecule has 1 N–H and O–H groups in total. The number of carbonyl (C=O) groups excluding carboxylic acids is 3. The van der Waals surface area contributed by atoms with Gasteiger partial charge in [0, 0.05) is 56.6 Å². The predicted octanol–water partition coefficient (Wildman–Crippen LogP) is 4.36. The van der Waals surface area contributed by atoms with Gasteiger partial charge in [-0.3, -0.25) is 14.4 Å². The molecule has 0 radical (unpaired) electrons. The van der Waals surface area contributed by atoms with Crippen molar-refractivity contribution in [2.75, 3.05) is 49.5 Å². The monoisotopic (exact) mass is 490 g/mol. The summed E-state index contributed by atoms with van der Waals surface area (Å²) in [6, 6.07) is 15.6. The van der Waals surface area contributed by atoms with E-state index in [1.54, 1.807) is 0 Å². The summed E-state index contributed by atoms with van der Waals surface area (Å²) in [5.74, 6) is -0.164. The first-order valence-electron chi connectivity index (χ1n) is 13.2. The van der Waals surface area contributed by atoms with Crippen LogP contribution in [0.2, 0.25) is 0 Å². The maximum absolute atomic E-state index is 13.5. The van der Waals surface area contributed by atoms with E-state index in [0.717, 1.165) is 43.6 Å². The Labute approximate surface area is 214 Å².